The Morgan fingerprint density at radius 3 is 2.50 bits per heavy atom. The maximum atomic E-state index is 13.4. The maximum absolute atomic E-state index is 13.4. The van der Waals surface area contributed by atoms with Gasteiger partial charge >= 0.3 is 0 Å². The molecule has 1 atom stereocenters. The van der Waals surface area contributed by atoms with Crippen LogP contribution in [0, 0.1) is 11.6 Å². The van der Waals surface area contributed by atoms with E-state index < -0.39 is 39.2 Å². The Kier molecular flexibility index (Phi) is 4.39. The van der Waals surface area contributed by atoms with Gasteiger partial charge in [0.2, 0.25) is 5.91 Å². The van der Waals surface area contributed by atoms with Crippen molar-refractivity contribution in [2.75, 3.05) is 12.0 Å². The topological polar surface area (TPSA) is 63.2 Å². The van der Waals surface area contributed by atoms with Gasteiger partial charge in [0, 0.05) is 17.9 Å². The summed E-state index contributed by atoms with van der Waals surface area (Å²) >= 11 is 0. The van der Waals surface area contributed by atoms with Gasteiger partial charge < -0.3 is 5.32 Å². The van der Waals surface area contributed by atoms with E-state index in [1.54, 1.807) is 0 Å². The molecule has 1 rings (SSSR count). The highest BCUT2D eigenvalue weighted by Crippen LogP contribution is 2.17. The van der Waals surface area contributed by atoms with Crippen LogP contribution in [0.2, 0.25) is 0 Å². The molecule has 0 aliphatic carbocycles. The summed E-state index contributed by atoms with van der Waals surface area (Å²) in [6.45, 7) is 1.48. The number of rotatable bonds is 4. The number of benzene rings is 1. The van der Waals surface area contributed by atoms with E-state index in [-0.39, 0.29) is 5.56 Å². The molecule has 0 aliphatic rings. The average Bonchev–Trinajstić information content (AvgIpc) is 2.13. The molecule has 0 saturated heterocycles. The molecule has 1 aromatic carbocycles. The van der Waals surface area contributed by atoms with Crippen molar-refractivity contribution < 1.29 is 22.0 Å². The largest absolute Gasteiger partial charge is 0.349 e. The number of nitrogens with one attached hydrogen (secondary N) is 1. The number of halogens is 2. The van der Waals surface area contributed by atoms with E-state index >= 15 is 0 Å². The van der Waals surface area contributed by atoms with Gasteiger partial charge in [0.1, 0.15) is 17.4 Å². The number of amides is 1. The quantitative estimate of drug-likeness (QED) is 0.899. The first-order chi connectivity index (χ1) is 8.19. The molecule has 0 aromatic heterocycles. The summed E-state index contributed by atoms with van der Waals surface area (Å²) in [4.78, 5) is 11.3. The third-order valence-corrected chi connectivity index (χ3v) is 2.99. The van der Waals surface area contributed by atoms with Crippen LogP contribution >= 0.6 is 0 Å². The summed E-state index contributed by atoms with van der Waals surface area (Å²) in [7, 11) is -3.43. The summed E-state index contributed by atoms with van der Waals surface area (Å²) in [6, 6.07) is 2.24. The molecule has 0 aliphatic heterocycles. The fraction of sp³-hybridized carbons (Fsp3) is 0.364. The minimum atomic E-state index is -3.43. The molecular weight excluding hydrogens is 264 g/mol. The van der Waals surface area contributed by atoms with Crippen LogP contribution in [-0.2, 0) is 14.6 Å². The molecule has 0 heterocycles. The van der Waals surface area contributed by atoms with Crippen molar-refractivity contribution in [3.05, 3.63) is 35.4 Å². The van der Waals surface area contributed by atoms with Crippen molar-refractivity contribution in [3.8, 4) is 0 Å². The number of hydrogen-bond acceptors (Lipinski definition) is 3. The van der Waals surface area contributed by atoms with E-state index in [1.165, 1.54) is 13.0 Å². The lowest BCUT2D eigenvalue weighted by Crippen LogP contribution is -2.32. The SMILES string of the molecule is CC(NC(=O)CS(C)(=O)=O)c1ccc(F)cc1F. The van der Waals surface area contributed by atoms with Crippen LogP contribution in [0.1, 0.15) is 18.5 Å². The fourth-order valence-corrected chi connectivity index (χ4v) is 2.01. The molecule has 0 fully saturated rings. The second-order valence-corrected chi connectivity index (χ2v) is 6.17. The van der Waals surface area contributed by atoms with Crippen LogP contribution in [0.4, 0.5) is 8.78 Å². The molecule has 18 heavy (non-hydrogen) atoms. The third kappa shape index (κ3) is 4.40. The first kappa shape index (κ1) is 14.6. The van der Waals surface area contributed by atoms with E-state index in [4.69, 9.17) is 0 Å². The lowest BCUT2D eigenvalue weighted by Gasteiger charge is -2.14. The minimum absolute atomic E-state index is 0.0956. The molecule has 7 heteroatoms. The van der Waals surface area contributed by atoms with Crippen LogP contribution in [0.15, 0.2) is 18.2 Å². The molecular formula is C11H13F2NO3S. The predicted octanol–water partition coefficient (Wildman–Crippen LogP) is 1.19. The highest BCUT2D eigenvalue weighted by molar-refractivity contribution is 7.91. The Bertz CT molecular complexity index is 557. The second-order valence-electron chi connectivity index (χ2n) is 4.03. The van der Waals surface area contributed by atoms with Gasteiger partial charge in [-0.05, 0) is 13.0 Å². The number of sulfone groups is 1. The van der Waals surface area contributed by atoms with Crippen LogP contribution in [-0.4, -0.2) is 26.3 Å². The Hall–Kier alpha value is -1.50. The minimum Gasteiger partial charge on any atom is -0.349 e. The van der Waals surface area contributed by atoms with Gasteiger partial charge in [-0.2, -0.15) is 0 Å². The van der Waals surface area contributed by atoms with Crippen LogP contribution < -0.4 is 5.32 Å². The summed E-state index contributed by atoms with van der Waals surface area (Å²) < 4.78 is 47.8. The normalized spacial score (nSPS) is 13.1. The van der Waals surface area contributed by atoms with E-state index in [0.29, 0.717) is 6.07 Å². The molecule has 4 nitrogen and oxygen atoms in total. The van der Waals surface area contributed by atoms with Gasteiger partial charge in [0.15, 0.2) is 9.84 Å². The maximum Gasteiger partial charge on any atom is 0.235 e. The van der Waals surface area contributed by atoms with Gasteiger partial charge in [-0.1, -0.05) is 6.07 Å². The van der Waals surface area contributed by atoms with E-state index in [2.05, 4.69) is 5.32 Å². The van der Waals surface area contributed by atoms with E-state index in [9.17, 15) is 22.0 Å². The van der Waals surface area contributed by atoms with E-state index in [0.717, 1.165) is 12.3 Å². The second kappa shape index (κ2) is 5.43. The smallest absolute Gasteiger partial charge is 0.235 e. The Balaban J connectivity index is 2.76. The number of carbonyl (C=O) groups excluding carboxylic acids is 1. The van der Waals surface area contributed by atoms with Crippen molar-refractivity contribution in [1.82, 2.24) is 5.32 Å². The van der Waals surface area contributed by atoms with Crippen LogP contribution in [0.3, 0.4) is 0 Å². The average molecular weight is 277 g/mol. The molecule has 0 spiro atoms. The van der Waals surface area contributed by atoms with Crippen LogP contribution in [0.25, 0.3) is 0 Å². The summed E-state index contributed by atoms with van der Waals surface area (Å²) in [5.74, 6) is -2.90. The zero-order valence-electron chi connectivity index (χ0n) is 9.91. The standard InChI is InChI=1S/C11H13F2NO3S/c1-7(14-11(15)6-18(2,16)17)9-4-3-8(12)5-10(9)13/h3-5,7H,6H2,1-2H3,(H,14,15). The number of hydrogen-bond donors (Lipinski definition) is 1. The Morgan fingerprint density at radius 1 is 1.39 bits per heavy atom. The highest BCUT2D eigenvalue weighted by atomic mass is 32.2. The lowest BCUT2D eigenvalue weighted by atomic mass is 10.1. The zero-order chi connectivity index (χ0) is 13.9. The van der Waals surface area contributed by atoms with Crippen LogP contribution in [0.5, 0.6) is 0 Å². The molecule has 0 radical (unpaired) electrons. The summed E-state index contributed by atoms with van der Waals surface area (Å²) in [5, 5.41) is 2.33. The molecule has 1 unspecified atom stereocenters. The predicted molar refractivity (Wildman–Crippen MR) is 62.6 cm³/mol. The molecule has 1 aromatic rings. The van der Waals surface area contributed by atoms with Crippen molar-refractivity contribution in [3.63, 3.8) is 0 Å². The van der Waals surface area contributed by atoms with Crippen molar-refractivity contribution in [2.45, 2.75) is 13.0 Å². The molecule has 100 valence electrons. The van der Waals surface area contributed by atoms with Gasteiger partial charge in [-0.15, -0.1) is 0 Å². The monoisotopic (exact) mass is 277 g/mol. The van der Waals surface area contributed by atoms with Gasteiger partial charge in [0.25, 0.3) is 0 Å². The van der Waals surface area contributed by atoms with Crippen molar-refractivity contribution in [2.24, 2.45) is 0 Å². The third-order valence-electron chi connectivity index (χ3n) is 2.20. The first-order valence-electron chi connectivity index (χ1n) is 5.11. The summed E-state index contributed by atoms with van der Waals surface area (Å²) in [5.41, 5.74) is 0.0956. The Morgan fingerprint density at radius 2 is 2.00 bits per heavy atom. The molecule has 0 saturated carbocycles. The number of carbonyl (C=O) groups is 1. The summed E-state index contributed by atoms with van der Waals surface area (Å²) in [6.07, 6.45) is 0.926. The van der Waals surface area contributed by atoms with Gasteiger partial charge in [-0.25, -0.2) is 17.2 Å². The molecule has 1 amide bonds. The molecule has 0 bridgehead atoms. The zero-order valence-corrected chi connectivity index (χ0v) is 10.7. The molecule has 1 N–H and O–H groups in total. The Labute approximate surface area is 104 Å². The van der Waals surface area contributed by atoms with Gasteiger partial charge in [-0.3, -0.25) is 4.79 Å². The van der Waals surface area contributed by atoms with Crippen molar-refractivity contribution >= 4 is 15.7 Å². The highest BCUT2D eigenvalue weighted by Gasteiger charge is 2.17. The lowest BCUT2D eigenvalue weighted by molar-refractivity contribution is -0.119. The van der Waals surface area contributed by atoms with Gasteiger partial charge in [0.05, 0.1) is 6.04 Å². The van der Waals surface area contributed by atoms with E-state index in [1.807, 2.05) is 0 Å². The fourth-order valence-electron chi connectivity index (χ4n) is 1.45. The first-order valence-corrected chi connectivity index (χ1v) is 7.17. The van der Waals surface area contributed by atoms with Crippen molar-refractivity contribution in [1.29, 1.82) is 0 Å².